The van der Waals surface area contributed by atoms with Gasteiger partial charge in [0.15, 0.2) is 5.69 Å². The van der Waals surface area contributed by atoms with Gasteiger partial charge in [0, 0.05) is 19.2 Å². The van der Waals surface area contributed by atoms with Crippen molar-refractivity contribution >= 4 is 23.5 Å². The number of nitrogen functional groups attached to an aromatic ring is 1. The molecule has 0 atom stereocenters. The molecule has 2 aromatic heterocycles. The predicted molar refractivity (Wildman–Crippen MR) is 106 cm³/mol. The number of nitrogens with two attached hydrogens (primary N) is 1. The molecule has 0 aliphatic carbocycles. The molecule has 0 saturated heterocycles. The van der Waals surface area contributed by atoms with Crippen LogP contribution in [0.3, 0.4) is 0 Å². The fourth-order valence-corrected chi connectivity index (χ4v) is 2.65. The predicted octanol–water partition coefficient (Wildman–Crippen LogP) is 2.36. The third kappa shape index (κ3) is 4.99. The second-order valence-corrected chi connectivity index (χ2v) is 6.19. The first-order valence-corrected chi connectivity index (χ1v) is 9.15. The van der Waals surface area contributed by atoms with Gasteiger partial charge in [0.2, 0.25) is 0 Å². The molecular weight excluding hydrogens is 348 g/mol. The third-order valence-electron chi connectivity index (χ3n) is 4.15. The molecule has 0 spiro atoms. The molecule has 27 heavy (non-hydrogen) atoms. The highest BCUT2D eigenvalue weighted by Gasteiger charge is 2.22. The van der Waals surface area contributed by atoms with Crippen molar-refractivity contribution in [3.63, 3.8) is 0 Å². The van der Waals surface area contributed by atoms with Gasteiger partial charge in [-0.15, -0.1) is 0 Å². The number of nitrogens with zero attached hydrogens (tertiary/aromatic N) is 2. The zero-order valence-corrected chi connectivity index (χ0v) is 15.7. The van der Waals surface area contributed by atoms with E-state index in [2.05, 4.69) is 4.98 Å². The number of aromatic amines is 1. The molecule has 0 fully saturated rings. The number of hydrogen-bond donors (Lipinski definition) is 2. The summed E-state index contributed by atoms with van der Waals surface area (Å²) in [5.41, 5.74) is 4.91. The van der Waals surface area contributed by atoms with Gasteiger partial charge in [0.1, 0.15) is 11.6 Å². The van der Waals surface area contributed by atoms with Crippen LogP contribution in [0, 0.1) is 0 Å². The van der Waals surface area contributed by atoms with Crippen LogP contribution in [0.4, 0.5) is 11.5 Å². The summed E-state index contributed by atoms with van der Waals surface area (Å²) in [5.74, 6) is 0.124. The second-order valence-electron chi connectivity index (χ2n) is 6.19. The molecule has 0 unspecified atom stereocenters. The Hall–Kier alpha value is -3.03. The lowest BCUT2D eigenvalue weighted by Gasteiger charge is -2.23. The number of carbonyl (C=O) groups excluding carboxylic acids is 1. The number of furan rings is 1. The molecule has 146 valence electrons. The number of hydrogen-bond acceptors (Lipinski definition) is 5. The molecule has 2 aromatic rings. The molecule has 0 aliphatic rings. The Labute approximate surface area is 157 Å². The van der Waals surface area contributed by atoms with Gasteiger partial charge in [-0.2, -0.15) is 0 Å². The van der Waals surface area contributed by atoms with Crippen LogP contribution in [0.1, 0.15) is 45.3 Å². The van der Waals surface area contributed by atoms with E-state index in [0.717, 1.165) is 19.3 Å². The van der Waals surface area contributed by atoms with Crippen molar-refractivity contribution in [2.45, 2.75) is 46.1 Å². The van der Waals surface area contributed by atoms with Gasteiger partial charge in [-0.05, 0) is 31.1 Å². The van der Waals surface area contributed by atoms with E-state index in [4.69, 9.17) is 10.2 Å². The van der Waals surface area contributed by atoms with Crippen molar-refractivity contribution in [3.05, 3.63) is 51.1 Å². The summed E-state index contributed by atoms with van der Waals surface area (Å²) in [5, 5.41) is 0. The average Bonchev–Trinajstić information content (AvgIpc) is 3.15. The first-order chi connectivity index (χ1) is 13.0. The van der Waals surface area contributed by atoms with Crippen LogP contribution in [0.2, 0.25) is 0 Å². The van der Waals surface area contributed by atoms with Crippen LogP contribution in [-0.2, 0) is 11.3 Å². The van der Waals surface area contributed by atoms with Crippen molar-refractivity contribution in [3.8, 4) is 0 Å². The number of H-pyrrole nitrogens is 1. The molecule has 8 nitrogen and oxygen atoms in total. The summed E-state index contributed by atoms with van der Waals surface area (Å²) in [6, 6.07) is 3.43. The van der Waals surface area contributed by atoms with Crippen LogP contribution in [-0.4, -0.2) is 22.0 Å². The largest absolute Gasteiger partial charge is 0.465 e. The number of unbranched alkanes of at least 4 members (excludes halogenated alkanes) is 2. The maximum absolute atomic E-state index is 12.8. The average molecular weight is 374 g/mol. The number of nitrogens with one attached hydrogen (secondary N) is 1. The Kier molecular flexibility index (Phi) is 7.22. The van der Waals surface area contributed by atoms with Crippen molar-refractivity contribution in [1.82, 2.24) is 9.55 Å². The first-order valence-electron chi connectivity index (χ1n) is 9.15. The van der Waals surface area contributed by atoms with E-state index < -0.39 is 17.2 Å². The molecule has 0 aliphatic heterocycles. The van der Waals surface area contributed by atoms with Crippen LogP contribution in [0.25, 0.3) is 6.08 Å². The van der Waals surface area contributed by atoms with Gasteiger partial charge in [0.05, 0.1) is 6.26 Å². The molecule has 8 heteroatoms. The van der Waals surface area contributed by atoms with Gasteiger partial charge in [-0.1, -0.05) is 26.7 Å². The number of amides is 1. The van der Waals surface area contributed by atoms with Gasteiger partial charge in [-0.25, -0.2) is 4.79 Å². The molecule has 0 bridgehead atoms. The van der Waals surface area contributed by atoms with Gasteiger partial charge in [0.25, 0.3) is 11.5 Å². The molecule has 0 aromatic carbocycles. The van der Waals surface area contributed by atoms with Gasteiger partial charge < -0.3 is 15.1 Å². The Balaban J connectivity index is 2.44. The summed E-state index contributed by atoms with van der Waals surface area (Å²) in [6.07, 6.45) is 7.48. The van der Waals surface area contributed by atoms with Crippen LogP contribution in [0.15, 0.2) is 38.5 Å². The maximum atomic E-state index is 12.8. The highest BCUT2D eigenvalue weighted by molar-refractivity contribution is 6.04. The van der Waals surface area contributed by atoms with Crippen LogP contribution < -0.4 is 21.9 Å². The summed E-state index contributed by atoms with van der Waals surface area (Å²) >= 11 is 0. The fraction of sp³-hybridized carbons (Fsp3) is 0.421. The highest BCUT2D eigenvalue weighted by atomic mass is 16.3. The zero-order chi connectivity index (χ0) is 19.8. The molecule has 3 N–H and O–H groups in total. The Bertz CT molecular complexity index is 893. The van der Waals surface area contributed by atoms with E-state index in [0.29, 0.717) is 25.3 Å². The zero-order valence-electron chi connectivity index (χ0n) is 15.7. The highest BCUT2D eigenvalue weighted by Crippen LogP contribution is 2.19. The minimum Gasteiger partial charge on any atom is -0.465 e. The summed E-state index contributed by atoms with van der Waals surface area (Å²) in [6.45, 7) is 4.67. The lowest BCUT2D eigenvalue weighted by Crippen LogP contribution is -2.41. The first kappa shape index (κ1) is 20.3. The van der Waals surface area contributed by atoms with Crippen molar-refractivity contribution in [2.24, 2.45) is 0 Å². The topological polar surface area (TPSA) is 114 Å². The molecule has 0 saturated carbocycles. The molecule has 0 radical (unpaired) electrons. The minimum absolute atomic E-state index is 0.00746. The third-order valence-corrected chi connectivity index (χ3v) is 4.15. The van der Waals surface area contributed by atoms with Gasteiger partial charge in [-0.3, -0.25) is 19.1 Å². The fourth-order valence-electron chi connectivity index (χ4n) is 2.65. The number of carbonyl (C=O) groups is 1. The lowest BCUT2D eigenvalue weighted by molar-refractivity contribution is -0.114. The smallest absolute Gasteiger partial charge is 0.330 e. The monoisotopic (exact) mass is 374 g/mol. The molecule has 2 rings (SSSR count). The van der Waals surface area contributed by atoms with E-state index in [1.807, 2.05) is 13.8 Å². The van der Waals surface area contributed by atoms with Crippen molar-refractivity contribution < 1.29 is 9.21 Å². The second kappa shape index (κ2) is 9.61. The Morgan fingerprint density at radius 1 is 1.30 bits per heavy atom. The molecule has 1 amide bonds. The number of rotatable bonds is 9. The maximum Gasteiger partial charge on any atom is 0.330 e. The SMILES string of the molecule is CCCCN(C(=O)/C=C/c1ccco1)c1c(N)n(CCCC)c(=O)[nH]c1=O. The van der Waals surface area contributed by atoms with Gasteiger partial charge >= 0.3 is 5.69 Å². The number of aromatic nitrogens is 2. The van der Waals surface area contributed by atoms with E-state index in [-0.39, 0.29) is 11.5 Å². The minimum atomic E-state index is -0.666. The summed E-state index contributed by atoms with van der Waals surface area (Å²) in [7, 11) is 0. The summed E-state index contributed by atoms with van der Waals surface area (Å²) < 4.78 is 6.49. The van der Waals surface area contributed by atoms with Crippen molar-refractivity contribution in [2.75, 3.05) is 17.2 Å². The van der Waals surface area contributed by atoms with E-state index in [1.54, 1.807) is 12.1 Å². The van der Waals surface area contributed by atoms with E-state index in [9.17, 15) is 14.4 Å². The Morgan fingerprint density at radius 2 is 2.04 bits per heavy atom. The van der Waals surface area contributed by atoms with Crippen LogP contribution >= 0.6 is 0 Å². The molecular formula is C19H26N4O4. The lowest BCUT2D eigenvalue weighted by atomic mass is 10.2. The van der Waals surface area contributed by atoms with Crippen molar-refractivity contribution in [1.29, 1.82) is 0 Å². The summed E-state index contributed by atoms with van der Waals surface area (Å²) in [4.78, 5) is 40.9. The Morgan fingerprint density at radius 3 is 2.67 bits per heavy atom. The normalized spacial score (nSPS) is 11.2. The van der Waals surface area contributed by atoms with E-state index >= 15 is 0 Å². The molecule has 2 heterocycles. The quantitative estimate of drug-likeness (QED) is 0.654. The number of anilines is 2. The van der Waals surface area contributed by atoms with E-state index in [1.165, 1.54) is 27.9 Å². The standard InChI is InChI=1S/C19H26N4O4/c1-3-5-11-22(15(24)10-9-14-8-7-13-27-14)16-17(20)23(12-6-4-2)19(26)21-18(16)25/h7-10,13H,3-6,11-12,20H2,1-2H3,(H,21,25,26)/b10-9+. The van der Waals surface area contributed by atoms with Crippen LogP contribution in [0.5, 0.6) is 0 Å².